The van der Waals surface area contributed by atoms with E-state index >= 15 is 0 Å². The van der Waals surface area contributed by atoms with Gasteiger partial charge in [-0.05, 0) is 24.8 Å². The van der Waals surface area contributed by atoms with Gasteiger partial charge in [0.25, 0.3) is 0 Å². The molecule has 20 heavy (non-hydrogen) atoms. The van der Waals surface area contributed by atoms with Crippen molar-refractivity contribution in [1.29, 1.82) is 0 Å². The molecular formula is C14H25N3O2S. The first-order valence-corrected chi connectivity index (χ1v) is 8.90. The van der Waals surface area contributed by atoms with E-state index < -0.39 is 10.0 Å². The van der Waals surface area contributed by atoms with Gasteiger partial charge in [-0.1, -0.05) is 26.7 Å². The number of nitrogens with one attached hydrogen (secondary N) is 1. The SMILES string of the molecule is CCC(CC)CNS(=O)(=O)c1cc(CN)n(C2CC2)c1. The number of nitrogens with zero attached hydrogens (tertiary/aromatic N) is 1. The van der Waals surface area contributed by atoms with Crippen molar-refractivity contribution in [2.24, 2.45) is 11.7 Å². The predicted molar refractivity (Wildman–Crippen MR) is 79.9 cm³/mol. The van der Waals surface area contributed by atoms with Gasteiger partial charge in [0.1, 0.15) is 0 Å². The van der Waals surface area contributed by atoms with Crippen LogP contribution in [0.2, 0.25) is 0 Å². The maximum absolute atomic E-state index is 12.3. The summed E-state index contributed by atoms with van der Waals surface area (Å²) in [4.78, 5) is 0.343. The smallest absolute Gasteiger partial charge is 0.242 e. The average Bonchev–Trinajstić information content (AvgIpc) is 3.18. The Bertz CT molecular complexity index is 543. The Balaban J connectivity index is 2.12. The number of nitrogens with two attached hydrogens (primary N) is 1. The largest absolute Gasteiger partial charge is 0.346 e. The molecule has 0 aromatic carbocycles. The van der Waals surface area contributed by atoms with Gasteiger partial charge in [0.15, 0.2) is 0 Å². The van der Waals surface area contributed by atoms with Crippen molar-refractivity contribution < 1.29 is 8.42 Å². The van der Waals surface area contributed by atoms with Gasteiger partial charge in [-0.3, -0.25) is 0 Å². The van der Waals surface area contributed by atoms with Crippen LogP contribution in [0.1, 0.15) is 51.3 Å². The van der Waals surface area contributed by atoms with E-state index in [1.807, 2.05) is 4.57 Å². The molecule has 0 radical (unpaired) electrons. The highest BCUT2D eigenvalue weighted by atomic mass is 32.2. The molecular weight excluding hydrogens is 274 g/mol. The average molecular weight is 299 g/mol. The molecule has 0 spiro atoms. The number of hydrogen-bond acceptors (Lipinski definition) is 3. The molecule has 1 saturated carbocycles. The summed E-state index contributed by atoms with van der Waals surface area (Å²) in [5, 5.41) is 0. The zero-order valence-corrected chi connectivity index (χ0v) is 13.1. The van der Waals surface area contributed by atoms with E-state index in [1.54, 1.807) is 12.3 Å². The van der Waals surface area contributed by atoms with Crippen LogP contribution >= 0.6 is 0 Å². The minimum Gasteiger partial charge on any atom is -0.346 e. The Hall–Kier alpha value is -0.850. The molecule has 5 nitrogen and oxygen atoms in total. The normalized spacial score (nSPS) is 16.0. The highest BCUT2D eigenvalue weighted by molar-refractivity contribution is 7.89. The maximum Gasteiger partial charge on any atom is 0.242 e. The Morgan fingerprint density at radius 2 is 2.05 bits per heavy atom. The molecule has 0 bridgehead atoms. The van der Waals surface area contributed by atoms with Crippen molar-refractivity contribution in [2.75, 3.05) is 6.54 Å². The molecule has 1 aliphatic rings. The number of aromatic nitrogens is 1. The summed E-state index contributed by atoms with van der Waals surface area (Å²) in [6, 6.07) is 2.14. The first-order valence-electron chi connectivity index (χ1n) is 7.42. The molecule has 2 rings (SSSR count). The lowest BCUT2D eigenvalue weighted by atomic mass is 10.0. The summed E-state index contributed by atoms with van der Waals surface area (Å²) in [7, 11) is -3.42. The van der Waals surface area contributed by atoms with E-state index in [1.165, 1.54) is 0 Å². The topological polar surface area (TPSA) is 77.1 Å². The lowest BCUT2D eigenvalue weighted by Gasteiger charge is -2.12. The molecule has 0 atom stereocenters. The van der Waals surface area contributed by atoms with E-state index in [2.05, 4.69) is 18.6 Å². The van der Waals surface area contributed by atoms with Crippen molar-refractivity contribution in [3.05, 3.63) is 18.0 Å². The molecule has 1 fully saturated rings. The summed E-state index contributed by atoms with van der Waals surface area (Å²) >= 11 is 0. The van der Waals surface area contributed by atoms with Gasteiger partial charge < -0.3 is 10.3 Å². The van der Waals surface area contributed by atoms with Crippen molar-refractivity contribution in [3.8, 4) is 0 Å². The summed E-state index contributed by atoms with van der Waals surface area (Å²) < 4.78 is 29.4. The van der Waals surface area contributed by atoms with Crippen LogP contribution in [0.15, 0.2) is 17.2 Å². The minimum atomic E-state index is -3.42. The van der Waals surface area contributed by atoms with Crippen molar-refractivity contribution in [2.45, 2.75) is 57.0 Å². The van der Waals surface area contributed by atoms with Crippen LogP contribution in [0.5, 0.6) is 0 Å². The monoisotopic (exact) mass is 299 g/mol. The Labute approximate surface area is 121 Å². The van der Waals surface area contributed by atoms with Gasteiger partial charge in [-0.25, -0.2) is 13.1 Å². The fraction of sp³-hybridized carbons (Fsp3) is 0.714. The highest BCUT2D eigenvalue weighted by Gasteiger charge is 2.27. The molecule has 1 aliphatic carbocycles. The molecule has 0 saturated heterocycles. The first-order chi connectivity index (χ1) is 9.51. The lowest BCUT2D eigenvalue weighted by molar-refractivity contribution is 0.479. The van der Waals surface area contributed by atoms with Gasteiger partial charge in [0.05, 0.1) is 4.90 Å². The van der Waals surface area contributed by atoms with E-state index in [0.717, 1.165) is 31.4 Å². The zero-order valence-electron chi connectivity index (χ0n) is 12.3. The lowest BCUT2D eigenvalue weighted by Crippen LogP contribution is -2.28. The van der Waals surface area contributed by atoms with Crippen LogP contribution in [-0.4, -0.2) is 19.5 Å². The van der Waals surface area contributed by atoms with Crippen LogP contribution in [0, 0.1) is 5.92 Å². The number of hydrogen-bond donors (Lipinski definition) is 2. The van der Waals surface area contributed by atoms with Crippen LogP contribution in [0.3, 0.4) is 0 Å². The second-order valence-corrected chi connectivity index (χ2v) is 7.31. The molecule has 3 N–H and O–H groups in total. The second-order valence-electron chi connectivity index (χ2n) is 5.54. The zero-order chi connectivity index (χ0) is 14.8. The fourth-order valence-corrected chi connectivity index (χ4v) is 3.55. The Kier molecular flexibility index (Phi) is 4.88. The summed E-state index contributed by atoms with van der Waals surface area (Å²) in [5.74, 6) is 0.393. The molecule has 1 heterocycles. The molecule has 114 valence electrons. The van der Waals surface area contributed by atoms with Gasteiger partial charge in [0.2, 0.25) is 10.0 Å². The molecule has 1 aromatic rings. The maximum atomic E-state index is 12.3. The third-order valence-corrected chi connectivity index (χ3v) is 5.47. The van der Waals surface area contributed by atoms with Crippen LogP contribution in [0.4, 0.5) is 0 Å². The summed E-state index contributed by atoms with van der Waals surface area (Å²) in [6.45, 7) is 5.04. The highest BCUT2D eigenvalue weighted by Crippen LogP contribution is 2.37. The molecule has 6 heteroatoms. The number of sulfonamides is 1. The van der Waals surface area contributed by atoms with Crippen LogP contribution < -0.4 is 10.5 Å². The van der Waals surface area contributed by atoms with Crippen molar-refractivity contribution in [3.63, 3.8) is 0 Å². The predicted octanol–water partition coefficient (Wildman–Crippen LogP) is 2.00. The van der Waals surface area contributed by atoms with Crippen LogP contribution in [0.25, 0.3) is 0 Å². The molecule has 0 unspecified atom stereocenters. The van der Waals surface area contributed by atoms with Crippen LogP contribution in [-0.2, 0) is 16.6 Å². The minimum absolute atomic E-state index is 0.343. The second kappa shape index (κ2) is 6.28. The third-order valence-electron chi connectivity index (χ3n) is 4.08. The molecule has 0 aliphatic heterocycles. The van der Waals surface area contributed by atoms with Crippen molar-refractivity contribution >= 4 is 10.0 Å². The third kappa shape index (κ3) is 3.42. The van der Waals surface area contributed by atoms with Crippen molar-refractivity contribution in [1.82, 2.24) is 9.29 Å². The van der Waals surface area contributed by atoms with Gasteiger partial charge >= 0.3 is 0 Å². The standard InChI is InChI=1S/C14H25N3O2S/c1-3-11(4-2)9-16-20(18,19)14-7-13(8-15)17(10-14)12-5-6-12/h7,10-12,16H,3-6,8-9,15H2,1-2H3. The van der Waals surface area contributed by atoms with Gasteiger partial charge in [-0.2, -0.15) is 0 Å². The quantitative estimate of drug-likeness (QED) is 0.770. The Morgan fingerprint density at radius 3 is 2.55 bits per heavy atom. The van der Waals surface area contributed by atoms with E-state index in [-0.39, 0.29) is 0 Å². The fourth-order valence-electron chi connectivity index (χ4n) is 2.39. The van der Waals surface area contributed by atoms with Gasteiger partial charge in [-0.15, -0.1) is 0 Å². The van der Waals surface area contributed by atoms with E-state index in [0.29, 0.717) is 29.9 Å². The Morgan fingerprint density at radius 1 is 1.40 bits per heavy atom. The molecule has 0 amide bonds. The summed E-state index contributed by atoms with van der Waals surface area (Å²) in [5.41, 5.74) is 6.60. The number of rotatable bonds is 8. The van der Waals surface area contributed by atoms with E-state index in [4.69, 9.17) is 5.73 Å². The first kappa shape index (κ1) is 15.5. The van der Waals surface area contributed by atoms with Gasteiger partial charge in [0, 0.05) is 31.0 Å². The molecule has 1 aromatic heterocycles. The summed E-state index contributed by atoms with van der Waals surface area (Å²) in [6.07, 6.45) is 5.92. The van der Waals surface area contributed by atoms with E-state index in [9.17, 15) is 8.42 Å².